The summed E-state index contributed by atoms with van der Waals surface area (Å²) in [4.78, 5) is 31.0. The number of nitrogens with one attached hydrogen (secondary N) is 1. The largest absolute Gasteiger partial charge is 0.481 e. The molecule has 0 rings (SSSR count). The number of hydroxylamine groups is 1. The number of hydrogen-bond donors (Lipinski definition) is 2. The third-order valence-corrected chi connectivity index (χ3v) is 3.09. The fraction of sp³-hybridized carbons (Fsp3) is 0.867. The first-order valence-corrected chi connectivity index (χ1v) is 7.96. The Hall–Kier alpha value is -1.14. The van der Waals surface area contributed by atoms with Gasteiger partial charge in [-0.05, 0) is 19.3 Å². The Balaban J connectivity index is 3.17. The van der Waals surface area contributed by atoms with Gasteiger partial charge in [0.1, 0.15) is 0 Å². The van der Waals surface area contributed by atoms with Gasteiger partial charge in [0.15, 0.2) is 0 Å². The first-order chi connectivity index (χ1) is 10.2. The molecular formula is C15H29NO5. The number of amides is 1. The van der Waals surface area contributed by atoms with Crippen molar-refractivity contribution in [3.63, 3.8) is 0 Å². The van der Waals surface area contributed by atoms with Crippen LogP contribution in [0.1, 0.15) is 77.6 Å². The normalized spacial score (nSPS) is 10.5. The van der Waals surface area contributed by atoms with Gasteiger partial charge in [0.05, 0.1) is 6.61 Å². The lowest BCUT2D eigenvalue weighted by Gasteiger charge is -2.05. The van der Waals surface area contributed by atoms with Crippen LogP contribution in [0, 0.1) is 0 Å². The molecule has 0 aromatic rings. The van der Waals surface area contributed by atoms with Crippen LogP contribution < -0.4 is 5.48 Å². The number of aliphatic carboxylic acids is 1. The maximum atomic E-state index is 11.4. The van der Waals surface area contributed by atoms with Crippen LogP contribution in [0.4, 0.5) is 0 Å². The number of unbranched alkanes of at least 4 members (excludes halogenated alkanes) is 7. The van der Waals surface area contributed by atoms with E-state index in [9.17, 15) is 9.59 Å². The molecule has 0 bridgehead atoms. The summed E-state index contributed by atoms with van der Waals surface area (Å²) in [7, 11) is 0. The fourth-order valence-electron chi connectivity index (χ4n) is 1.85. The van der Waals surface area contributed by atoms with Gasteiger partial charge in [-0.2, -0.15) is 0 Å². The van der Waals surface area contributed by atoms with E-state index in [1.54, 1.807) is 0 Å². The van der Waals surface area contributed by atoms with Gasteiger partial charge in [-0.25, -0.2) is 10.4 Å². The van der Waals surface area contributed by atoms with Crippen LogP contribution in [-0.2, 0) is 19.5 Å². The predicted molar refractivity (Wildman–Crippen MR) is 79.3 cm³/mol. The molecule has 0 aliphatic rings. The van der Waals surface area contributed by atoms with E-state index in [0.29, 0.717) is 25.9 Å². The number of carboxylic acid groups (broad SMARTS) is 1. The van der Waals surface area contributed by atoms with E-state index in [0.717, 1.165) is 19.3 Å². The van der Waals surface area contributed by atoms with Crippen molar-refractivity contribution in [3.05, 3.63) is 0 Å². The van der Waals surface area contributed by atoms with Crippen LogP contribution in [0.25, 0.3) is 0 Å². The third-order valence-electron chi connectivity index (χ3n) is 3.09. The van der Waals surface area contributed by atoms with Gasteiger partial charge < -0.3 is 5.11 Å². The molecule has 0 aromatic carbocycles. The van der Waals surface area contributed by atoms with E-state index < -0.39 is 5.97 Å². The summed E-state index contributed by atoms with van der Waals surface area (Å²) < 4.78 is 0. The van der Waals surface area contributed by atoms with Gasteiger partial charge in [-0.3, -0.25) is 9.59 Å². The predicted octanol–water partition coefficient (Wildman–Crippen LogP) is 3.36. The van der Waals surface area contributed by atoms with Gasteiger partial charge in [-0.15, -0.1) is 4.99 Å². The average molecular weight is 303 g/mol. The van der Waals surface area contributed by atoms with Crippen molar-refractivity contribution in [3.8, 4) is 0 Å². The van der Waals surface area contributed by atoms with Crippen molar-refractivity contribution in [1.29, 1.82) is 0 Å². The molecule has 0 aliphatic carbocycles. The van der Waals surface area contributed by atoms with E-state index >= 15 is 0 Å². The van der Waals surface area contributed by atoms with E-state index in [4.69, 9.17) is 9.99 Å². The van der Waals surface area contributed by atoms with Gasteiger partial charge in [-0.1, -0.05) is 45.4 Å². The van der Waals surface area contributed by atoms with Crippen molar-refractivity contribution in [2.24, 2.45) is 0 Å². The van der Waals surface area contributed by atoms with Crippen molar-refractivity contribution >= 4 is 11.9 Å². The molecule has 0 aromatic heterocycles. The Bertz CT molecular complexity index is 271. The van der Waals surface area contributed by atoms with Crippen LogP contribution in [0.2, 0.25) is 0 Å². The monoisotopic (exact) mass is 303 g/mol. The molecule has 0 radical (unpaired) electrons. The summed E-state index contributed by atoms with van der Waals surface area (Å²) in [6.45, 7) is 2.52. The molecule has 6 nitrogen and oxygen atoms in total. The van der Waals surface area contributed by atoms with E-state index in [-0.39, 0.29) is 12.3 Å². The van der Waals surface area contributed by atoms with Crippen LogP contribution in [0.5, 0.6) is 0 Å². The van der Waals surface area contributed by atoms with Crippen LogP contribution >= 0.6 is 0 Å². The minimum Gasteiger partial charge on any atom is -0.481 e. The molecule has 0 saturated heterocycles. The van der Waals surface area contributed by atoms with Gasteiger partial charge in [0.25, 0.3) is 0 Å². The number of carbonyl (C=O) groups excluding carboxylic acids is 1. The lowest BCUT2D eigenvalue weighted by Crippen LogP contribution is -2.23. The molecule has 21 heavy (non-hydrogen) atoms. The second-order valence-corrected chi connectivity index (χ2v) is 5.15. The zero-order chi connectivity index (χ0) is 15.8. The highest BCUT2D eigenvalue weighted by Crippen LogP contribution is 2.06. The summed E-state index contributed by atoms with van der Waals surface area (Å²) in [6.07, 6.45) is 9.56. The van der Waals surface area contributed by atoms with Crippen LogP contribution in [0.15, 0.2) is 0 Å². The van der Waals surface area contributed by atoms with Crippen molar-refractivity contribution in [2.75, 3.05) is 6.61 Å². The molecular weight excluding hydrogens is 274 g/mol. The molecule has 1 amide bonds. The average Bonchev–Trinajstić information content (AvgIpc) is 2.45. The second-order valence-electron chi connectivity index (χ2n) is 5.15. The Morgan fingerprint density at radius 1 is 0.905 bits per heavy atom. The van der Waals surface area contributed by atoms with Gasteiger partial charge >= 0.3 is 5.97 Å². The summed E-state index contributed by atoms with van der Waals surface area (Å²) in [5.41, 5.74) is 2.24. The standard InChI is InChI=1S/C15H29NO5/c1-2-3-4-5-6-8-11-14(17)16-21-20-13-10-7-9-12-15(18)19/h2-13H2,1H3,(H,16,17)(H,18,19). The first-order valence-electron chi connectivity index (χ1n) is 7.96. The smallest absolute Gasteiger partial charge is 0.303 e. The zero-order valence-electron chi connectivity index (χ0n) is 13.1. The molecule has 0 saturated carbocycles. The molecule has 0 unspecified atom stereocenters. The van der Waals surface area contributed by atoms with E-state index in [2.05, 4.69) is 17.4 Å². The highest BCUT2D eigenvalue weighted by molar-refractivity contribution is 5.74. The summed E-state index contributed by atoms with van der Waals surface area (Å²) in [5.74, 6) is -0.953. The lowest BCUT2D eigenvalue weighted by atomic mass is 10.1. The summed E-state index contributed by atoms with van der Waals surface area (Å²) in [6, 6.07) is 0. The van der Waals surface area contributed by atoms with Crippen LogP contribution in [-0.4, -0.2) is 23.6 Å². The van der Waals surface area contributed by atoms with E-state index in [1.807, 2.05) is 0 Å². The lowest BCUT2D eigenvalue weighted by molar-refractivity contribution is -0.329. The van der Waals surface area contributed by atoms with E-state index in [1.165, 1.54) is 25.7 Å². The Kier molecular flexibility index (Phi) is 14.4. The minimum absolute atomic E-state index is 0.170. The van der Waals surface area contributed by atoms with Gasteiger partial charge in [0, 0.05) is 12.8 Å². The second kappa shape index (κ2) is 15.3. The van der Waals surface area contributed by atoms with Gasteiger partial charge in [0.2, 0.25) is 5.91 Å². The molecule has 0 heterocycles. The maximum absolute atomic E-state index is 11.4. The molecule has 124 valence electrons. The van der Waals surface area contributed by atoms with Crippen molar-refractivity contribution < 1.29 is 24.6 Å². The number of carboxylic acids is 1. The third kappa shape index (κ3) is 16.8. The first kappa shape index (κ1) is 19.9. The van der Waals surface area contributed by atoms with Crippen molar-refractivity contribution in [1.82, 2.24) is 5.48 Å². The molecule has 6 heteroatoms. The molecule has 2 N–H and O–H groups in total. The molecule has 0 spiro atoms. The molecule has 0 fully saturated rings. The fourth-order valence-corrected chi connectivity index (χ4v) is 1.85. The maximum Gasteiger partial charge on any atom is 0.303 e. The topological polar surface area (TPSA) is 84.9 Å². The highest BCUT2D eigenvalue weighted by atomic mass is 17.3. The van der Waals surface area contributed by atoms with Crippen LogP contribution in [0.3, 0.4) is 0 Å². The summed E-state index contributed by atoms with van der Waals surface area (Å²) in [5, 5.41) is 8.44. The highest BCUT2D eigenvalue weighted by Gasteiger charge is 2.01. The zero-order valence-corrected chi connectivity index (χ0v) is 13.1. The Morgan fingerprint density at radius 2 is 1.52 bits per heavy atom. The SMILES string of the molecule is CCCCCCCCC(=O)NOOCCCCCC(=O)O. The Morgan fingerprint density at radius 3 is 2.24 bits per heavy atom. The number of rotatable bonds is 15. The minimum atomic E-state index is -0.783. The van der Waals surface area contributed by atoms with Crippen molar-refractivity contribution in [2.45, 2.75) is 77.6 Å². The summed E-state index contributed by atoms with van der Waals surface area (Å²) >= 11 is 0. The quantitative estimate of drug-likeness (QED) is 0.275. The molecule has 0 aliphatic heterocycles. The Labute approximate surface area is 127 Å². The number of hydrogen-bond acceptors (Lipinski definition) is 4. The number of carbonyl (C=O) groups is 2. The molecule has 0 atom stereocenters.